The number of anilines is 1. The minimum absolute atomic E-state index is 0.182. The SMILES string of the molecule is O=C1CC(N2CCN(Cc3ccc4c(c3)OCO4)CC2)C(=O)N1c1ccc(Cl)c(Cl)c1. The molecule has 162 valence electrons. The Hall–Kier alpha value is -2.32. The predicted octanol–water partition coefficient (Wildman–Crippen LogP) is 3.17. The fourth-order valence-electron chi connectivity index (χ4n) is 4.33. The Labute approximate surface area is 190 Å². The first kappa shape index (κ1) is 20.6. The van der Waals surface area contributed by atoms with E-state index in [0.29, 0.717) is 15.7 Å². The number of hydrogen-bond acceptors (Lipinski definition) is 6. The molecule has 2 amide bonds. The van der Waals surface area contributed by atoms with Crippen molar-refractivity contribution in [2.75, 3.05) is 37.9 Å². The zero-order valence-corrected chi connectivity index (χ0v) is 18.2. The van der Waals surface area contributed by atoms with Gasteiger partial charge in [0, 0.05) is 32.7 Å². The summed E-state index contributed by atoms with van der Waals surface area (Å²) >= 11 is 12.0. The third-order valence-electron chi connectivity index (χ3n) is 5.98. The van der Waals surface area contributed by atoms with Crippen LogP contribution in [0.1, 0.15) is 12.0 Å². The molecule has 2 aromatic rings. The first-order valence-electron chi connectivity index (χ1n) is 10.2. The van der Waals surface area contributed by atoms with E-state index in [0.717, 1.165) is 49.8 Å². The summed E-state index contributed by atoms with van der Waals surface area (Å²) in [6.07, 6.45) is 0.182. The molecule has 2 aromatic carbocycles. The minimum Gasteiger partial charge on any atom is -0.454 e. The first-order chi connectivity index (χ1) is 15.0. The van der Waals surface area contributed by atoms with Crippen molar-refractivity contribution >= 4 is 40.7 Å². The lowest BCUT2D eigenvalue weighted by Crippen LogP contribution is -2.52. The second kappa shape index (κ2) is 8.31. The molecule has 9 heteroatoms. The Morgan fingerprint density at radius 1 is 0.903 bits per heavy atom. The molecule has 2 saturated heterocycles. The maximum atomic E-state index is 13.0. The van der Waals surface area contributed by atoms with Crippen LogP contribution in [0.4, 0.5) is 5.69 Å². The summed E-state index contributed by atoms with van der Waals surface area (Å²) in [5.41, 5.74) is 1.63. The van der Waals surface area contributed by atoms with Crippen LogP contribution in [0.25, 0.3) is 0 Å². The van der Waals surface area contributed by atoms with Gasteiger partial charge in [-0.1, -0.05) is 29.3 Å². The van der Waals surface area contributed by atoms with Gasteiger partial charge in [0.25, 0.3) is 5.91 Å². The number of carbonyl (C=O) groups is 2. The average molecular weight is 462 g/mol. The summed E-state index contributed by atoms with van der Waals surface area (Å²) in [7, 11) is 0. The normalized spacial score (nSPS) is 21.9. The highest BCUT2D eigenvalue weighted by atomic mass is 35.5. The van der Waals surface area contributed by atoms with Crippen molar-refractivity contribution in [1.29, 1.82) is 0 Å². The van der Waals surface area contributed by atoms with E-state index in [4.69, 9.17) is 32.7 Å². The van der Waals surface area contributed by atoms with Crippen LogP contribution in [0, 0.1) is 0 Å². The molecule has 5 rings (SSSR count). The molecule has 0 aromatic heterocycles. The number of amides is 2. The third-order valence-corrected chi connectivity index (χ3v) is 6.71. The summed E-state index contributed by atoms with van der Waals surface area (Å²) in [5.74, 6) is 1.15. The number of rotatable bonds is 4. The Balaban J connectivity index is 1.21. The average Bonchev–Trinajstić information content (AvgIpc) is 3.34. The Kier molecular flexibility index (Phi) is 5.52. The van der Waals surface area contributed by atoms with E-state index in [-0.39, 0.29) is 25.0 Å². The van der Waals surface area contributed by atoms with Crippen LogP contribution >= 0.6 is 23.2 Å². The number of carbonyl (C=O) groups excluding carboxylic acids is 2. The van der Waals surface area contributed by atoms with Gasteiger partial charge in [0.2, 0.25) is 12.7 Å². The first-order valence-corrected chi connectivity index (χ1v) is 10.9. The van der Waals surface area contributed by atoms with E-state index in [1.165, 1.54) is 4.90 Å². The molecule has 0 N–H and O–H groups in total. The van der Waals surface area contributed by atoms with Crippen LogP contribution in [0.5, 0.6) is 11.5 Å². The van der Waals surface area contributed by atoms with E-state index < -0.39 is 6.04 Å². The van der Waals surface area contributed by atoms with Crippen molar-refractivity contribution in [2.45, 2.75) is 19.0 Å². The monoisotopic (exact) mass is 461 g/mol. The molecule has 0 aliphatic carbocycles. The highest BCUT2D eigenvalue weighted by molar-refractivity contribution is 6.42. The largest absolute Gasteiger partial charge is 0.454 e. The van der Waals surface area contributed by atoms with Gasteiger partial charge in [0.05, 0.1) is 28.2 Å². The van der Waals surface area contributed by atoms with E-state index in [1.807, 2.05) is 18.2 Å². The number of piperazine rings is 1. The van der Waals surface area contributed by atoms with Crippen molar-refractivity contribution in [3.63, 3.8) is 0 Å². The number of nitrogens with zero attached hydrogens (tertiary/aromatic N) is 3. The summed E-state index contributed by atoms with van der Waals surface area (Å²) in [6.45, 7) is 4.16. The molecule has 1 atom stereocenters. The van der Waals surface area contributed by atoms with Crippen LogP contribution in [0.3, 0.4) is 0 Å². The maximum Gasteiger partial charge on any atom is 0.251 e. The molecular formula is C22H21Cl2N3O4. The summed E-state index contributed by atoms with van der Waals surface area (Å²) in [5, 5.41) is 0.708. The van der Waals surface area contributed by atoms with Gasteiger partial charge in [-0.25, -0.2) is 4.90 Å². The van der Waals surface area contributed by atoms with Crippen LogP contribution < -0.4 is 14.4 Å². The molecule has 0 spiro atoms. The number of imide groups is 1. The molecule has 31 heavy (non-hydrogen) atoms. The molecule has 3 aliphatic rings. The minimum atomic E-state index is -0.436. The lowest BCUT2D eigenvalue weighted by molar-refractivity contribution is -0.123. The van der Waals surface area contributed by atoms with E-state index in [2.05, 4.69) is 9.80 Å². The zero-order valence-electron chi connectivity index (χ0n) is 16.7. The lowest BCUT2D eigenvalue weighted by atomic mass is 10.1. The van der Waals surface area contributed by atoms with E-state index in [1.54, 1.807) is 18.2 Å². The molecule has 3 aliphatic heterocycles. The zero-order chi connectivity index (χ0) is 21.5. The van der Waals surface area contributed by atoms with Crippen LogP contribution in [0.2, 0.25) is 10.0 Å². The van der Waals surface area contributed by atoms with Gasteiger partial charge < -0.3 is 9.47 Å². The molecule has 7 nitrogen and oxygen atoms in total. The number of fused-ring (bicyclic) bond motifs is 1. The fourth-order valence-corrected chi connectivity index (χ4v) is 4.62. The highest BCUT2D eigenvalue weighted by Crippen LogP contribution is 2.34. The third kappa shape index (κ3) is 3.99. The van der Waals surface area contributed by atoms with Gasteiger partial charge in [-0.05, 0) is 35.9 Å². The van der Waals surface area contributed by atoms with Crippen LogP contribution in [0.15, 0.2) is 36.4 Å². The molecule has 0 saturated carbocycles. The standard InChI is InChI=1S/C22H21Cl2N3O4/c23-16-3-2-15(10-17(16)24)27-21(28)11-18(22(27)29)26-7-5-25(6-8-26)12-14-1-4-19-20(9-14)31-13-30-19/h1-4,9-10,18H,5-8,11-13H2. The number of halogens is 2. The Morgan fingerprint density at radius 3 is 2.45 bits per heavy atom. The molecule has 0 radical (unpaired) electrons. The highest BCUT2D eigenvalue weighted by Gasteiger charge is 2.43. The van der Waals surface area contributed by atoms with Crippen molar-refractivity contribution in [1.82, 2.24) is 9.80 Å². The van der Waals surface area contributed by atoms with Crippen LogP contribution in [-0.4, -0.2) is 60.6 Å². The van der Waals surface area contributed by atoms with Crippen molar-refractivity contribution in [2.24, 2.45) is 0 Å². The number of hydrogen-bond donors (Lipinski definition) is 0. The predicted molar refractivity (Wildman–Crippen MR) is 117 cm³/mol. The molecule has 0 bridgehead atoms. The summed E-state index contributed by atoms with van der Waals surface area (Å²) in [6, 6.07) is 10.4. The van der Waals surface area contributed by atoms with Gasteiger partial charge in [-0.3, -0.25) is 19.4 Å². The number of ether oxygens (including phenoxy) is 2. The van der Waals surface area contributed by atoms with Gasteiger partial charge in [-0.2, -0.15) is 0 Å². The molecular weight excluding hydrogens is 441 g/mol. The number of benzene rings is 2. The van der Waals surface area contributed by atoms with Gasteiger partial charge in [0.15, 0.2) is 11.5 Å². The molecule has 2 fully saturated rings. The van der Waals surface area contributed by atoms with Gasteiger partial charge in [0.1, 0.15) is 0 Å². The van der Waals surface area contributed by atoms with Crippen LogP contribution in [-0.2, 0) is 16.1 Å². The van der Waals surface area contributed by atoms with Gasteiger partial charge >= 0.3 is 0 Å². The van der Waals surface area contributed by atoms with Crippen molar-refractivity contribution in [3.8, 4) is 11.5 Å². The molecule has 1 unspecified atom stereocenters. The van der Waals surface area contributed by atoms with Crippen molar-refractivity contribution < 1.29 is 19.1 Å². The quantitative estimate of drug-likeness (QED) is 0.651. The van der Waals surface area contributed by atoms with Crippen molar-refractivity contribution in [3.05, 3.63) is 52.0 Å². The Morgan fingerprint density at radius 2 is 1.68 bits per heavy atom. The fraction of sp³-hybridized carbons (Fsp3) is 0.364. The van der Waals surface area contributed by atoms with E-state index >= 15 is 0 Å². The maximum absolute atomic E-state index is 13.0. The molecule has 3 heterocycles. The lowest BCUT2D eigenvalue weighted by Gasteiger charge is -2.37. The second-order valence-corrected chi connectivity index (χ2v) is 8.70. The van der Waals surface area contributed by atoms with E-state index in [9.17, 15) is 9.59 Å². The smallest absolute Gasteiger partial charge is 0.251 e. The Bertz CT molecular complexity index is 1040. The second-order valence-electron chi connectivity index (χ2n) is 7.89. The summed E-state index contributed by atoms with van der Waals surface area (Å²) < 4.78 is 10.8. The topological polar surface area (TPSA) is 62.3 Å². The summed E-state index contributed by atoms with van der Waals surface area (Å²) in [4.78, 5) is 31.3. The van der Waals surface area contributed by atoms with Gasteiger partial charge in [-0.15, -0.1) is 0 Å².